The lowest BCUT2D eigenvalue weighted by molar-refractivity contribution is -0.241. The molecule has 1 aromatic heterocycles. The molecule has 8 atom stereocenters. The van der Waals surface area contributed by atoms with Gasteiger partial charge in [0.1, 0.15) is 30.5 Å². The molecule has 0 aromatic carbocycles. The lowest BCUT2D eigenvalue weighted by Gasteiger charge is -2.35. The number of carbonyl (C=O) groups is 3. The molecule has 0 spiro atoms. The van der Waals surface area contributed by atoms with Crippen LogP contribution in [0.1, 0.15) is 13.2 Å². The summed E-state index contributed by atoms with van der Waals surface area (Å²) in [5.74, 6) is -1.19. The average Bonchev–Trinajstić information content (AvgIpc) is 3.25. The molecule has 8 unspecified atom stereocenters. The number of hydrogen-bond acceptors (Lipinski definition) is 14. The average molecular weight is 636 g/mol. The standard InChI is InChI=1S/C23H33N5O12S2/c1-10(29)25-4-7-41-42-8-5-26-20(35)12-9-11(30)14(32)22(38-12)40-18(19(24)34)17-16(37-2)15(33)21(39-17)28-6-3-13(31)27-23(28)36/h3,6,9,11,14-18,21-22,30,32-33H,4-5,7-8H2,1-2H3,(H2,24,34)(H,25,29)(H,26,35)(H,27,31,36). The van der Waals surface area contributed by atoms with Crippen molar-refractivity contribution in [3.8, 4) is 0 Å². The third-order valence-electron chi connectivity index (χ3n) is 6.04. The summed E-state index contributed by atoms with van der Waals surface area (Å²) in [6.45, 7) is 2.16. The van der Waals surface area contributed by atoms with Gasteiger partial charge < -0.3 is 50.6 Å². The van der Waals surface area contributed by atoms with Crippen LogP contribution in [0.4, 0.5) is 0 Å². The molecule has 0 bridgehead atoms. The van der Waals surface area contributed by atoms with E-state index < -0.39 is 78.0 Å². The van der Waals surface area contributed by atoms with Crippen molar-refractivity contribution in [3.63, 3.8) is 0 Å². The Morgan fingerprint density at radius 1 is 1.14 bits per heavy atom. The summed E-state index contributed by atoms with van der Waals surface area (Å²) in [7, 11) is 4.16. The Balaban J connectivity index is 1.64. The van der Waals surface area contributed by atoms with Crippen molar-refractivity contribution in [1.29, 1.82) is 0 Å². The number of aliphatic hydroxyl groups excluding tert-OH is 3. The fraction of sp³-hybridized carbons (Fsp3) is 0.609. The number of nitrogens with one attached hydrogen (secondary N) is 3. The summed E-state index contributed by atoms with van der Waals surface area (Å²) in [5, 5.41) is 36.8. The number of ether oxygens (including phenoxy) is 4. The first-order valence-electron chi connectivity index (χ1n) is 12.6. The maximum absolute atomic E-state index is 12.6. The Kier molecular flexibility index (Phi) is 12.4. The molecule has 19 heteroatoms. The zero-order valence-corrected chi connectivity index (χ0v) is 24.2. The fourth-order valence-corrected chi connectivity index (χ4v) is 5.88. The van der Waals surface area contributed by atoms with E-state index in [1.165, 1.54) is 35.6 Å². The maximum Gasteiger partial charge on any atom is 0.330 e. The van der Waals surface area contributed by atoms with E-state index in [9.17, 15) is 39.3 Å². The van der Waals surface area contributed by atoms with Crippen molar-refractivity contribution in [3.05, 3.63) is 44.9 Å². The predicted molar refractivity (Wildman–Crippen MR) is 148 cm³/mol. The minimum atomic E-state index is -1.78. The van der Waals surface area contributed by atoms with Gasteiger partial charge in [0.2, 0.25) is 18.1 Å². The van der Waals surface area contributed by atoms with Gasteiger partial charge in [-0.3, -0.25) is 28.7 Å². The van der Waals surface area contributed by atoms with Gasteiger partial charge in [-0.05, 0) is 6.08 Å². The number of nitrogens with zero attached hydrogens (tertiary/aromatic N) is 1. The molecular weight excluding hydrogens is 602 g/mol. The van der Waals surface area contributed by atoms with Crippen LogP contribution < -0.4 is 27.6 Å². The van der Waals surface area contributed by atoms with Gasteiger partial charge in [0, 0.05) is 50.9 Å². The Hall–Kier alpha value is -2.91. The Morgan fingerprint density at radius 2 is 1.81 bits per heavy atom. The molecule has 0 saturated carbocycles. The van der Waals surface area contributed by atoms with Gasteiger partial charge in [-0.2, -0.15) is 0 Å². The van der Waals surface area contributed by atoms with E-state index in [4.69, 9.17) is 24.7 Å². The van der Waals surface area contributed by atoms with Crippen LogP contribution in [0.2, 0.25) is 0 Å². The normalized spacial score (nSPS) is 27.9. The van der Waals surface area contributed by atoms with Crippen LogP contribution in [0, 0.1) is 0 Å². The molecule has 2 aliphatic heterocycles. The summed E-state index contributed by atoms with van der Waals surface area (Å²) < 4.78 is 22.9. The zero-order chi connectivity index (χ0) is 31.0. The summed E-state index contributed by atoms with van der Waals surface area (Å²) in [6.07, 6.45) is -10.6. The molecule has 17 nitrogen and oxygen atoms in total. The van der Waals surface area contributed by atoms with Crippen molar-refractivity contribution >= 4 is 39.3 Å². The first-order chi connectivity index (χ1) is 19.9. The smallest absolute Gasteiger partial charge is 0.330 e. The van der Waals surface area contributed by atoms with Crippen LogP contribution in [0.3, 0.4) is 0 Å². The van der Waals surface area contributed by atoms with E-state index in [0.717, 1.165) is 22.9 Å². The van der Waals surface area contributed by atoms with Gasteiger partial charge in [0.05, 0.1) is 0 Å². The maximum atomic E-state index is 12.6. The third kappa shape index (κ3) is 8.57. The number of carbonyl (C=O) groups excluding carboxylic acids is 3. The number of aromatic amines is 1. The Morgan fingerprint density at radius 3 is 2.40 bits per heavy atom. The third-order valence-corrected chi connectivity index (χ3v) is 8.45. The number of amides is 3. The van der Waals surface area contributed by atoms with Gasteiger partial charge in [0.15, 0.2) is 18.1 Å². The largest absolute Gasteiger partial charge is 0.456 e. The van der Waals surface area contributed by atoms with Gasteiger partial charge in [0.25, 0.3) is 11.5 Å². The van der Waals surface area contributed by atoms with Gasteiger partial charge in [-0.25, -0.2) is 4.79 Å². The van der Waals surface area contributed by atoms with Crippen LogP contribution in [0.25, 0.3) is 0 Å². The van der Waals surface area contributed by atoms with E-state index in [1.807, 2.05) is 4.98 Å². The number of aromatic nitrogens is 2. The van der Waals surface area contributed by atoms with E-state index >= 15 is 0 Å². The molecule has 234 valence electrons. The first kappa shape index (κ1) is 33.6. The zero-order valence-electron chi connectivity index (χ0n) is 22.5. The lowest BCUT2D eigenvalue weighted by atomic mass is 10.0. The summed E-state index contributed by atoms with van der Waals surface area (Å²) in [5.41, 5.74) is 3.93. The van der Waals surface area contributed by atoms with Crippen molar-refractivity contribution in [2.24, 2.45) is 5.73 Å². The quantitative estimate of drug-likeness (QED) is 0.0767. The molecule has 0 aliphatic carbocycles. The van der Waals surface area contributed by atoms with Gasteiger partial charge in [-0.1, -0.05) is 21.6 Å². The fourth-order valence-electron chi connectivity index (χ4n) is 4.07. The number of nitrogens with two attached hydrogens (primary N) is 1. The highest BCUT2D eigenvalue weighted by Gasteiger charge is 2.52. The predicted octanol–water partition coefficient (Wildman–Crippen LogP) is -3.72. The van der Waals surface area contributed by atoms with E-state index in [0.29, 0.717) is 18.1 Å². The van der Waals surface area contributed by atoms with E-state index in [-0.39, 0.29) is 12.5 Å². The second kappa shape index (κ2) is 15.5. The van der Waals surface area contributed by atoms with Crippen molar-refractivity contribution in [1.82, 2.24) is 20.2 Å². The second-order valence-electron chi connectivity index (χ2n) is 9.04. The molecular formula is C23H33N5O12S2. The monoisotopic (exact) mass is 635 g/mol. The highest BCUT2D eigenvalue weighted by Crippen LogP contribution is 2.34. The summed E-state index contributed by atoms with van der Waals surface area (Å²) in [4.78, 5) is 61.6. The lowest BCUT2D eigenvalue weighted by Crippen LogP contribution is -2.54. The molecule has 3 amide bonds. The molecule has 1 aromatic rings. The first-order valence-corrected chi connectivity index (χ1v) is 15.1. The molecule has 0 radical (unpaired) electrons. The van der Waals surface area contributed by atoms with Crippen LogP contribution in [-0.2, 0) is 33.3 Å². The topological polar surface area (TPSA) is 254 Å². The van der Waals surface area contributed by atoms with Crippen LogP contribution >= 0.6 is 21.6 Å². The SMILES string of the molecule is COC1C(O)C(n2ccc(=O)[nH]c2=O)OC1C(OC1OC(C(=O)NCCSSCCNC(C)=O)=CC(O)C1O)C(N)=O. The minimum Gasteiger partial charge on any atom is -0.456 e. The van der Waals surface area contributed by atoms with Crippen molar-refractivity contribution in [2.75, 3.05) is 31.7 Å². The molecule has 3 heterocycles. The number of hydrogen-bond donors (Lipinski definition) is 7. The number of H-pyrrole nitrogens is 1. The van der Waals surface area contributed by atoms with Gasteiger partial charge >= 0.3 is 5.69 Å². The Labute approximate surface area is 246 Å². The van der Waals surface area contributed by atoms with Crippen molar-refractivity contribution < 1.29 is 48.7 Å². The van der Waals surface area contributed by atoms with E-state index in [1.54, 1.807) is 0 Å². The molecule has 8 N–H and O–H groups in total. The number of rotatable bonds is 14. The second-order valence-corrected chi connectivity index (χ2v) is 11.7. The summed E-state index contributed by atoms with van der Waals surface area (Å²) in [6, 6.07) is 1.02. The molecule has 1 saturated heterocycles. The minimum absolute atomic E-state index is 0.121. The number of aliphatic hydroxyl groups is 3. The highest BCUT2D eigenvalue weighted by atomic mass is 33.1. The van der Waals surface area contributed by atoms with Crippen LogP contribution in [0.15, 0.2) is 33.7 Å². The highest BCUT2D eigenvalue weighted by molar-refractivity contribution is 8.76. The molecule has 3 rings (SSSR count). The molecule has 2 aliphatic rings. The number of primary amides is 1. The number of methoxy groups -OCH3 is 1. The summed E-state index contributed by atoms with van der Waals surface area (Å²) >= 11 is 0. The molecule has 42 heavy (non-hydrogen) atoms. The van der Waals surface area contributed by atoms with Crippen molar-refractivity contribution in [2.45, 2.75) is 56.1 Å². The molecule has 1 fully saturated rings. The Bertz CT molecular complexity index is 1260. The van der Waals surface area contributed by atoms with E-state index in [2.05, 4.69) is 10.6 Å². The van der Waals surface area contributed by atoms with Crippen LogP contribution in [0.5, 0.6) is 0 Å². The van der Waals surface area contributed by atoms with Crippen LogP contribution in [-0.4, -0.2) is 117 Å². The van der Waals surface area contributed by atoms with Gasteiger partial charge in [-0.15, -0.1) is 0 Å².